The Hall–Kier alpha value is -1.56. The number of nitrogens with one attached hydrogen (secondary N) is 2. The quantitative estimate of drug-likeness (QED) is 0.767. The van der Waals surface area contributed by atoms with Crippen LogP contribution in [0.15, 0.2) is 11.1 Å². The summed E-state index contributed by atoms with van der Waals surface area (Å²) in [5.74, 6) is 0.988. The third-order valence-corrected chi connectivity index (χ3v) is 2.64. The summed E-state index contributed by atoms with van der Waals surface area (Å²) >= 11 is 0. The Morgan fingerprint density at radius 2 is 2.22 bits per heavy atom. The molecule has 102 valence electrons. The number of H-pyrrole nitrogens is 1. The van der Waals surface area contributed by atoms with Gasteiger partial charge >= 0.3 is 0 Å². The van der Waals surface area contributed by atoms with E-state index in [-0.39, 0.29) is 17.4 Å². The lowest BCUT2D eigenvalue weighted by atomic mass is 10.1. The van der Waals surface area contributed by atoms with Gasteiger partial charge in [0.25, 0.3) is 5.56 Å². The van der Waals surface area contributed by atoms with Crippen molar-refractivity contribution in [1.29, 1.82) is 0 Å². The fourth-order valence-corrected chi connectivity index (χ4v) is 1.50. The normalized spacial score (nSPS) is 12.5. The van der Waals surface area contributed by atoms with E-state index in [4.69, 9.17) is 9.47 Å². The van der Waals surface area contributed by atoms with Crippen LogP contribution in [0.4, 0.5) is 5.82 Å². The van der Waals surface area contributed by atoms with Gasteiger partial charge in [0.05, 0.1) is 26.1 Å². The molecule has 0 saturated carbocycles. The average molecular weight is 255 g/mol. The zero-order chi connectivity index (χ0) is 13.5. The topological polar surface area (TPSA) is 76.2 Å². The third kappa shape index (κ3) is 3.73. The summed E-state index contributed by atoms with van der Waals surface area (Å²) < 4.78 is 10.5. The standard InChI is InChI=1S/C12H21N3O3/c1-5-18-6-9(8(2)3)15-11-10(17-4)12(16)14-7-13-11/h7-9H,5-6H2,1-4H3,(H2,13,14,15,16). The summed E-state index contributed by atoms with van der Waals surface area (Å²) in [6, 6.07) is 0.0770. The molecule has 2 N–H and O–H groups in total. The summed E-state index contributed by atoms with van der Waals surface area (Å²) in [6.07, 6.45) is 1.35. The van der Waals surface area contributed by atoms with Crippen molar-refractivity contribution in [3.8, 4) is 5.75 Å². The molecule has 6 heteroatoms. The van der Waals surface area contributed by atoms with Crippen LogP contribution in [0.5, 0.6) is 5.75 Å². The molecule has 1 heterocycles. The fraction of sp³-hybridized carbons (Fsp3) is 0.667. The minimum Gasteiger partial charge on any atom is -0.489 e. The van der Waals surface area contributed by atoms with E-state index in [1.807, 2.05) is 6.92 Å². The van der Waals surface area contributed by atoms with Crippen LogP contribution in [0.1, 0.15) is 20.8 Å². The predicted molar refractivity (Wildman–Crippen MR) is 70.2 cm³/mol. The first-order valence-electron chi connectivity index (χ1n) is 6.06. The predicted octanol–water partition coefficient (Wildman–Crippen LogP) is 1.25. The zero-order valence-corrected chi connectivity index (χ0v) is 11.3. The SMILES string of the molecule is CCOCC(Nc1nc[nH]c(=O)c1OC)C(C)C. The second-order valence-electron chi connectivity index (χ2n) is 4.27. The number of hydrogen-bond donors (Lipinski definition) is 2. The van der Waals surface area contributed by atoms with Gasteiger partial charge in [0, 0.05) is 6.61 Å². The maximum Gasteiger partial charge on any atom is 0.295 e. The van der Waals surface area contributed by atoms with E-state index in [2.05, 4.69) is 29.1 Å². The van der Waals surface area contributed by atoms with Crippen molar-refractivity contribution in [3.05, 3.63) is 16.7 Å². The molecule has 0 spiro atoms. The fourth-order valence-electron chi connectivity index (χ4n) is 1.50. The summed E-state index contributed by atoms with van der Waals surface area (Å²) in [5, 5.41) is 3.19. The Labute approximate surface area is 107 Å². The van der Waals surface area contributed by atoms with E-state index >= 15 is 0 Å². The van der Waals surface area contributed by atoms with Crippen LogP contribution in [0.25, 0.3) is 0 Å². The maximum absolute atomic E-state index is 11.5. The van der Waals surface area contributed by atoms with Gasteiger partial charge in [-0.25, -0.2) is 4.98 Å². The smallest absolute Gasteiger partial charge is 0.295 e. The molecule has 0 aliphatic rings. The van der Waals surface area contributed by atoms with Crippen LogP contribution in [-0.2, 0) is 4.74 Å². The molecule has 0 fully saturated rings. The van der Waals surface area contributed by atoms with Gasteiger partial charge in [0.2, 0.25) is 5.75 Å². The minimum atomic E-state index is -0.297. The van der Waals surface area contributed by atoms with Gasteiger partial charge in [0.1, 0.15) is 0 Å². The van der Waals surface area contributed by atoms with Gasteiger partial charge in [-0.2, -0.15) is 0 Å². The van der Waals surface area contributed by atoms with Crippen LogP contribution in [0, 0.1) is 5.92 Å². The van der Waals surface area contributed by atoms with Crippen LogP contribution in [0.2, 0.25) is 0 Å². The molecule has 0 amide bonds. The number of anilines is 1. The van der Waals surface area contributed by atoms with Gasteiger partial charge in [-0.1, -0.05) is 13.8 Å². The van der Waals surface area contributed by atoms with Crippen LogP contribution >= 0.6 is 0 Å². The lowest BCUT2D eigenvalue weighted by molar-refractivity contribution is 0.126. The van der Waals surface area contributed by atoms with Crippen LogP contribution in [-0.4, -0.2) is 36.3 Å². The molecule has 0 bridgehead atoms. The number of methoxy groups -OCH3 is 1. The number of aromatic amines is 1. The van der Waals surface area contributed by atoms with Crippen LogP contribution < -0.4 is 15.6 Å². The molecule has 0 aromatic carbocycles. The Morgan fingerprint density at radius 1 is 1.50 bits per heavy atom. The Morgan fingerprint density at radius 3 is 2.78 bits per heavy atom. The van der Waals surface area contributed by atoms with Crippen LogP contribution in [0.3, 0.4) is 0 Å². The minimum absolute atomic E-state index is 0.0770. The van der Waals surface area contributed by atoms with E-state index in [9.17, 15) is 4.79 Å². The molecule has 18 heavy (non-hydrogen) atoms. The molecule has 1 atom stereocenters. The second kappa shape index (κ2) is 7.00. The third-order valence-electron chi connectivity index (χ3n) is 2.64. The highest BCUT2D eigenvalue weighted by atomic mass is 16.5. The van der Waals surface area contributed by atoms with Gasteiger partial charge < -0.3 is 19.8 Å². The molecule has 6 nitrogen and oxygen atoms in total. The molecule has 1 aromatic rings. The highest BCUT2D eigenvalue weighted by Crippen LogP contribution is 2.18. The first-order chi connectivity index (χ1) is 8.60. The molecule has 1 unspecified atom stereocenters. The summed E-state index contributed by atoms with van der Waals surface area (Å²) in [6.45, 7) is 7.33. The maximum atomic E-state index is 11.5. The summed E-state index contributed by atoms with van der Waals surface area (Å²) in [7, 11) is 1.45. The second-order valence-corrected chi connectivity index (χ2v) is 4.27. The van der Waals surface area contributed by atoms with Gasteiger partial charge in [-0.3, -0.25) is 4.79 Å². The lowest BCUT2D eigenvalue weighted by Crippen LogP contribution is -2.32. The Balaban J connectivity index is 2.86. The van der Waals surface area contributed by atoms with Crippen molar-refractivity contribution in [1.82, 2.24) is 9.97 Å². The molecule has 0 radical (unpaired) electrons. The van der Waals surface area contributed by atoms with Gasteiger partial charge in [0.15, 0.2) is 5.82 Å². The highest BCUT2D eigenvalue weighted by molar-refractivity contribution is 5.48. The molecule has 0 aliphatic heterocycles. The monoisotopic (exact) mass is 255 g/mol. The highest BCUT2D eigenvalue weighted by Gasteiger charge is 2.17. The summed E-state index contributed by atoms with van der Waals surface area (Å²) in [4.78, 5) is 18.1. The summed E-state index contributed by atoms with van der Waals surface area (Å²) in [5.41, 5.74) is -0.297. The van der Waals surface area contributed by atoms with E-state index in [1.54, 1.807) is 0 Å². The average Bonchev–Trinajstić information content (AvgIpc) is 2.34. The molecule has 1 rings (SSSR count). The van der Waals surface area contributed by atoms with Crippen molar-refractivity contribution in [3.63, 3.8) is 0 Å². The number of aromatic nitrogens is 2. The Bertz CT molecular complexity index is 417. The lowest BCUT2D eigenvalue weighted by Gasteiger charge is -2.23. The molecule has 0 aliphatic carbocycles. The van der Waals surface area contributed by atoms with Crippen molar-refractivity contribution in [2.24, 2.45) is 5.92 Å². The largest absolute Gasteiger partial charge is 0.489 e. The first-order valence-corrected chi connectivity index (χ1v) is 6.06. The van der Waals surface area contributed by atoms with Crippen molar-refractivity contribution in [2.45, 2.75) is 26.8 Å². The molecule has 1 aromatic heterocycles. The van der Waals surface area contributed by atoms with Crippen molar-refractivity contribution >= 4 is 5.82 Å². The van der Waals surface area contributed by atoms with Gasteiger partial charge in [-0.15, -0.1) is 0 Å². The van der Waals surface area contributed by atoms with Gasteiger partial charge in [-0.05, 0) is 12.8 Å². The van der Waals surface area contributed by atoms with Crippen molar-refractivity contribution in [2.75, 3.05) is 25.6 Å². The van der Waals surface area contributed by atoms with E-state index in [1.165, 1.54) is 13.4 Å². The van der Waals surface area contributed by atoms with E-state index in [0.717, 1.165) is 0 Å². The van der Waals surface area contributed by atoms with E-state index < -0.39 is 0 Å². The number of nitrogens with zero attached hydrogens (tertiary/aromatic N) is 1. The molecular formula is C12H21N3O3. The number of ether oxygens (including phenoxy) is 2. The van der Waals surface area contributed by atoms with Crippen molar-refractivity contribution < 1.29 is 9.47 Å². The first kappa shape index (κ1) is 14.5. The molecular weight excluding hydrogens is 234 g/mol. The van der Waals surface area contributed by atoms with E-state index in [0.29, 0.717) is 24.9 Å². The number of rotatable bonds is 7. The molecule has 0 saturated heterocycles. The Kier molecular flexibility index (Phi) is 5.64. The number of hydrogen-bond acceptors (Lipinski definition) is 5. The zero-order valence-electron chi connectivity index (χ0n) is 11.3.